The zero-order valence-electron chi connectivity index (χ0n) is 22.0. The van der Waals surface area contributed by atoms with Crippen molar-refractivity contribution in [2.45, 2.75) is 90.4 Å². The minimum absolute atomic E-state index is 0.0789. The van der Waals surface area contributed by atoms with Gasteiger partial charge in [-0.1, -0.05) is 0 Å². The second-order valence-corrected chi connectivity index (χ2v) is 12.7. The highest BCUT2D eigenvalue weighted by atomic mass is 16.6. The molecule has 0 aromatic carbocycles. The van der Waals surface area contributed by atoms with Crippen LogP contribution < -0.4 is 4.90 Å². The minimum atomic E-state index is -0.436. The van der Waals surface area contributed by atoms with E-state index in [2.05, 4.69) is 41.3 Å². The topological polar surface area (TPSA) is 63.1 Å². The van der Waals surface area contributed by atoms with Crippen LogP contribution in [0.15, 0.2) is 6.07 Å². The van der Waals surface area contributed by atoms with Gasteiger partial charge >= 0.3 is 6.09 Å². The Morgan fingerprint density at radius 2 is 1.76 bits per heavy atom. The predicted octanol–water partition coefficient (Wildman–Crippen LogP) is 3.84. The molecule has 3 aliphatic heterocycles. The number of aryl methyl sites for hydroxylation is 1. The highest BCUT2D eigenvalue weighted by molar-refractivity contribution is 5.69. The molecular weight excluding hydrogens is 430 g/mol. The van der Waals surface area contributed by atoms with Crippen LogP contribution in [0.2, 0.25) is 0 Å². The van der Waals surface area contributed by atoms with Crippen molar-refractivity contribution in [2.24, 2.45) is 5.41 Å². The van der Waals surface area contributed by atoms with Crippen molar-refractivity contribution >= 4 is 11.9 Å². The number of aromatic nitrogens is 2. The van der Waals surface area contributed by atoms with Crippen LogP contribution >= 0.6 is 0 Å². The number of ether oxygens (including phenoxy) is 2. The van der Waals surface area contributed by atoms with Gasteiger partial charge in [-0.05, 0) is 67.2 Å². The summed E-state index contributed by atoms with van der Waals surface area (Å²) in [7, 11) is 0. The number of carbonyl (C=O) groups excluding carboxylic acids is 1. The number of hydrogen-bond donors (Lipinski definition) is 0. The second-order valence-electron chi connectivity index (χ2n) is 12.7. The van der Waals surface area contributed by atoms with Crippen molar-refractivity contribution in [1.82, 2.24) is 19.6 Å². The van der Waals surface area contributed by atoms with E-state index in [4.69, 9.17) is 14.6 Å². The maximum absolute atomic E-state index is 12.3. The predicted molar refractivity (Wildman–Crippen MR) is 132 cm³/mol. The zero-order chi connectivity index (χ0) is 24.3. The Hall–Kier alpha value is -1.80. The van der Waals surface area contributed by atoms with E-state index in [-0.39, 0.29) is 17.0 Å². The molecule has 8 heteroatoms. The minimum Gasteiger partial charge on any atom is -0.444 e. The molecular formula is C26H43N5O3. The molecule has 4 fully saturated rings. The average molecular weight is 474 g/mol. The number of rotatable bonds is 3. The largest absolute Gasteiger partial charge is 0.444 e. The summed E-state index contributed by atoms with van der Waals surface area (Å²) >= 11 is 0. The normalized spacial score (nSPS) is 27.4. The number of anilines is 1. The van der Waals surface area contributed by atoms with Gasteiger partial charge in [-0.2, -0.15) is 5.10 Å². The number of piperidine rings is 1. The molecule has 190 valence electrons. The Bertz CT molecular complexity index is 900. The van der Waals surface area contributed by atoms with E-state index in [1.807, 2.05) is 25.7 Å². The van der Waals surface area contributed by atoms with Gasteiger partial charge in [0.15, 0.2) is 5.82 Å². The molecule has 0 bridgehead atoms. The molecule has 8 nitrogen and oxygen atoms in total. The van der Waals surface area contributed by atoms with Crippen LogP contribution in [-0.4, -0.2) is 88.8 Å². The summed E-state index contributed by atoms with van der Waals surface area (Å²) in [5.41, 5.74) is 1.14. The third-order valence-corrected chi connectivity index (χ3v) is 8.29. The van der Waals surface area contributed by atoms with Gasteiger partial charge in [0.2, 0.25) is 0 Å². The Labute approximate surface area is 204 Å². The summed E-state index contributed by atoms with van der Waals surface area (Å²) in [6, 6.07) is 3.34. The maximum Gasteiger partial charge on any atom is 0.410 e. The van der Waals surface area contributed by atoms with Gasteiger partial charge < -0.3 is 19.3 Å². The SMILES string of the molecule is Cc1cc(N2CCC(N3CCOCC3)CC2(C)C)nn1C1CC2(C1)CN(C(=O)OC(C)(C)C)C2. The monoisotopic (exact) mass is 473 g/mol. The van der Waals surface area contributed by atoms with Crippen molar-refractivity contribution < 1.29 is 14.3 Å². The first kappa shape index (κ1) is 23.9. The molecule has 1 aromatic heterocycles. The average Bonchev–Trinajstić information content (AvgIpc) is 3.05. The highest BCUT2D eigenvalue weighted by Crippen LogP contribution is 2.54. The first-order valence-corrected chi connectivity index (χ1v) is 13.1. The van der Waals surface area contributed by atoms with Crippen LogP contribution in [0.4, 0.5) is 10.6 Å². The summed E-state index contributed by atoms with van der Waals surface area (Å²) in [5, 5.41) is 5.12. The number of carbonyl (C=O) groups is 1. The Balaban J connectivity index is 1.18. The highest BCUT2D eigenvalue weighted by Gasteiger charge is 2.55. The Kier molecular flexibility index (Phi) is 5.91. The van der Waals surface area contributed by atoms with E-state index in [0.717, 1.165) is 71.0 Å². The molecule has 0 N–H and O–H groups in total. The quantitative estimate of drug-likeness (QED) is 0.665. The fourth-order valence-corrected chi connectivity index (χ4v) is 6.61. The molecule has 1 unspecified atom stereocenters. The number of likely N-dealkylation sites (tertiary alicyclic amines) is 1. The van der Waals surface area contributed by atoms with E-state index in [1.54, 1.807) is 0 Å². The van der Waals surface area contributed by atoms with E-state index in [9.17, 15) is 4.79 Å². The molecule has 1 amide bonds. The van der Waals surface area contributed by atoms with Crippen molar-refractivity contribution in [3.05, 3.63) is 11.8 Å². The van der Waals surface area contributed by atoms with Crippen LogP contribution in [0, 0.1) is 12.3 Å². The van der Waals surface area contributed by atoms with Gasteiger partial charge in [0.25, 0.3) is 0 Å². The molecule has 1 atom stereocenters. The molecule has 5 rings (SSSR count). The van der Waals surface area contributed by atoms with Crippen molar-refractivity contribution in [3.63, 3.8) is 0 Å². The van der Waals surface area contributed by atoms with E-state index < -0.39 is 5.60 Å². The standard InChI is InChI=1S/C26H43N5O3/c1-19-13-22(30-8-7-20(14-25(30,5)6)28-9-11-33-12-10-28)27-31(19)21-15-26(16-21)17-29(18-26)23(32)34-24(2,3)4/h13,20-21H,7-12,14-18H2,1-6H3. The van der Waals surface area contributed by atoms with Crippen LogP contribution in [0.25, 0.3) is 0 Å². The molecule has 1 spiro atoms. The van der Waals surface area contributed by atoms with Crippen LogP contribution in [0.3, 0.4) is 0 Å². The van der Waals surface area contributed by atoms with Gasteiger partial charge in [0.1, 0.15) is 5.60 Å². The summed E-state index contributed by atoms with van der Waals surface area (Å²) in [4.78, 5) is 19.3. The third-order valence-electron chi connectivity index (χ3n) is 8.29. The number of nitrogens with zero attached hydrogens (tertiary/aromatic N) is 5. The van der Waals surface area contributed by atoms with Crippen molar-refractivity contribution in [2.75, 3.05) is 50.8 Å². The smallest absolute Gasteiger partial charge is 0.410 e. The maximum atomic E-state index is 12.3. The van der Waals surface area contributed by atoms with Crippen molar-refractivity contribution in [1.29, 1.82) is 0 Å². The van der Waals surface area contributed by atoms with Crippen LogP contribution in [0.1, 0.15) is 72.0 Å². The first-order chi connectivity index (χ1) is 15.9. The van der Waals surface area contributed by atoms with Gasteiger partial charge in [-0.15, -0.1) is 0 Å². The Morgan fingerprint density at radius 3 is 2.38 bits per heavy atom. The van der Waals surface area contributed by atoms with Crippen molar-refractivity contribution in [3.8, 4) is 0 Å². The molecule has 3 saturated heterocycles. The van der Waals surface area contributed by atoms with Crippen LogP contribution in [-0.2, 0) is 9.47 Å². The van der Waals surface area contributed by atoms with Gasteiger partial charge in [-0.3, -0.25) is 9.58 Å². The number of amides is 1. The van der Waals surface area contributed by atoms with E-state index in [1.165, 1.54) is 12.1 Å². The number of hydrogen-bond acceptors (Lipinski definition) is 6. The lowest BCUT2D eigenvalue weighted by Gasteiger charge is -2.58. The lowest BCUT2D eigenvalue weighted by Crippen LogP contribution is -2.64. The summed E-state index contributed by atoms with van der Waals surface area (Å²) in [6.45, 7) is 19.2. The molecule has 1 aromatic rings. The summed E-state index contributed by atoms with van der Waals surface area (Å²) in [5.74, 6) is 1.12. The van der Waals surface area contributed by atoms with Crippen LogP contribution in [0.5, 0.6) is 0 Å². The zero-order valence-corrected chi connectivity index (χ0v) is 22.0. The molecule has 1 saturated carbocycles. The fourth-order valence-electron chi connectivity index (χ4n) is 6.61. The lowest BCUT2D eigenvalue weighted by molar-refractivity contribution is -0.0930. The molecule has 1 aliphatic carbocycles. The molecule has 4 heterocycles. The summed E-state index contributed by atoms with van der Waals surface area (Å²) in [6.07, 6.45) is 4.35. The van der Waals surface area contributed by atoms with Gasteiger partial charge in [0.05, 0.1) is 19.3 Å². The fraction of sp³-hybridized carbons (Fsp3) is 0.846. The van der Waals surface area contributed by atoms with Gasteiger partial charge in [-0.25, -0.2) is 4.79 Å². The second kappa shape index (κ2) is 8.40. The third kappa shape index (κ3) is 4.55. The molecule has 34 heavy (non-hydrogen) atoms. The molecule has 0 radical (unpaired) electrons. The molecule has 4 aliphatic rings. The first-order valence-electron chi connectivity index (χ1n) is 13.1. The Morgan fingerprint density at radius 1 is 1.09 bits per heavy atom. The van der Waals surface area contributed by atoms with E-state index in [0.29, 0.717) is 12.1 Å². The summed E-state index contributed by atoms with van der Waals surface area (Å²) < 4.78 is 13.3. The van der Waals surface area contributed by atoms with E-state index >= 15 is 0 Å². The lowest BCUT2D eigenvalue weighted by atomic mass is 9.61. The van der Waals surface area contributed by atoms with Gasteiger partial charge in [0, 0.05) is 61.5 Å². The number of morpholine rings is 1.